The van der Waals surface area contributed by atoms with Crippen LogP contribution >= 0.6 is 0 Å². The second-order valence-corrected chi connectivity index (χ2v) is 9.52. The molecule has 1 aliphatic heterocycles. The Morgan fingerprint density at radius 3 is 2.10 bits per heavy atom. The number of allylic oxidation sites excluding steroid dienone is 2. The molecule has 2 aromatic rings. The van der Waals surface area contributed by atoms with Gasteiger partial charge in [-0.05, 0) is 29.0 Å². The minimum Gasteiger partial charge on any atom is -0.329 e. The molecule has 0 spiro atoms. The number of hydrogen-bond donors (Lipinski definition) is 1. The van der Waals surface area contributed by atoms with Crippen molar-refractivity contribution in [2.45, 2.75) is 57.8 Å². The van der Waals surface area contributed by atoms with E-state index in [1.807, 2.05) is 6.92 Å². The summed E-state index contributed by atoms with van der Waals surface area (Å²) in [6.07, 6.45) is 2.96. The predicted octanol–water partition coefficient (Wildman–Crippen LogP) is 5.15. The summed E-state index contributed by atoms with van der Waals surface area (Å²) >= 11 is 0. The highest BCUT2D eigenvalue weighted by Gasteiger charge is 2.42. The van der Waals surface area contributed by atoms with Crippen LogP contribution in [0.2, 0.25) is 0 Å². The Morgan fingerprint density at radius 1 is 0.862 bits per heavy atom. The third kappa shape index (κ3) is 3.91. The third-order valence-corrected chi connectivity index (χ3v) is 6.29. The average molecular weight is 388 g/mol. The smallest absolute Gasteiger partial charge is 0.224 e. The van der Waals surface area contributed by atoms with E-state index in [0.29, 0.717) is 12.8 Å². The summed E-state index contributed by atoms with van der Waals surface area (Å²) < 4.78 is 0. The number of fused-ring (bicyclic) bond motifs is 1. The summed E-state index contributed by atoms with van der Waals surface area (Å²) in [5, 5.41) is 3.00. The van der Waals surface area contributed by atoms with E-state index in [0.717, 1.165) is 16.8 Å². The summed E-state index contributed by atoms with van der Waals surface area (Å²) in [6, 6.07) is 16.8. The summed E-state index contributed by atoms with van der Waals surface area (Å²) in [4.78, 5) is 25.6. The maximum atomic E-state index is 13.2. The first-order chi connectivity index (χ1) is 13.7. The zero-order chi connectivity index (χ0) is 20.8. The average Bonchev–Trinajstić information content (AvgIpc) is 2.67. The molecule has 0 saturated carbocycles. The van der Waals surface area contributed by atoms with Gasteiger partial charge in [-0.3, -0.25) is 9.59 Å². The molecule has 0 radical (unpaired) electrons. The van der Waals surface area contributed by atoms with E-state index in [4.69, 9.17) is 0 Å². The SMILES string of the molecule is Cc1ccc([C@H]2CC(=O)NC3=C[C@@H](c4ccc(C(C)(C)C)cc4)CC(=O)[C@H]32)cc1. The van der Waals surface area contributed by atoms with Gasteiger partial charge in [0, 0.05) is 30.4 Å². The number of hydrogen-bond acceptors (Lipinski definition) is 2. The Hall–Kier alpha value is -2.68. The van der Waals surface area contributed by atoms with Crippen molar-refractivity contribution in [1.82, 2.24) is 5.32 Å². The zero-order valence-corrected chi connectivity index (χ0v) is 17.7. The van der Waals surface area contributed by atoms with Crippen LogP contribution in [0.5, 0.6) is 0 Å². The molecule has 2 aromatic carbocycles. The summed E-state index contributed by atoms with van der Waals surface area (Å²) in [6.45, 7) is 8.63. The van der Waals surface area contributed by atoms with Crippen LogP contribution in [0.1, 0.15) is 67.7 Å². The lowest BCUT2D eigenvalue weighted by atomic mass is 9.70. The number of aryl methyl sites for hydroxylation is 1. The highest BCUT2D eigenvalue weighted by molar-refractivity contribution is 5.92. The number of benzene rings is 2. The van der Waals surface area contributed by atoms with E-state index in [1.54, 1.807) is 0 Å². The first kappa shape index (κ1) is 19.6. The maximum absolute atomic E-state index is 13.2. The molecule has 2 aliphatic rings. The van der Waals surface area contributed by atoms with E-state index in [2.05, 4.69) is 80.7 Å². The normalized spacial score (nSPS) is 24.6. The lowest BCUT2D eigenvalue weighted by Crippen LogP contribution is -2.43. The number of amides is 1. The fourth-order valence-electron chi connectivity index (χ4n) is 4.55. The Bertz CT molecular complexity index is 961. The number of carbonyl (C=O) groups excluding carboxylic acids is 2. The number of carbonyl (C=O) groups is 2. The molecule has 1 aliphatic carbocycles. The molecule has 150 valence electrons. The summed E-state index contributed by atoms with van der Waals surface area (Å²) in [5.74, 6) is -0.0970. The van der Waals surface area contributed by atoms with Crippen molar-refractivity contribution in [1.29, 1.82) is 0 Å². The molecule has 0 bridgehead atoms. The van der Waals surface area contributed by atoms with Crippen LogP contribution in [0.25, 0.3) is 0 Å². The quantitative estimate of drug-likeness (QED) is 0.774. The number of rotatable bonds is 2. The van der Waals surface area contributed by atoms with Gasteiger partial charge in [-0.25, -0.2) is 0 Å². The van der Waals surface area contributed by atoms with E-state index in [9.17, 15) is 9.59 Å². The number of piperidine rings is 1. The van der Waals surface area contributed by atoms with Crippen molar-refractivity contribution in [3.05, 3.63) is 82.6 Å². The van der Waals surface area contributed by atoms with E-state index < -0.39 is 0 Å². The molecule has 1 N–H and O–H groups in total. The molecule has 29 heavy (non-hydrogen) atoms. The van der Waals surface area contributed by atoms with Gasteiger partial charge < -0.3 is 5.32 Å². The van der Waals surface area contributed by atoms with Crippen molar-refractivity contribution in [2.75, 3.05) is 0 Å². The molecule has 4 rings (SSSR count). The van der Waals surface area contributed by atoms with Gasteiger partial charge in [0.05, 0.1) is 5.92 Å². The van der Waals surface area contributed by atoms with Crippen LogP contribution in [0, 0.1) is 12.8 Å². The van der Waals surface area contributed by atoms with Gasteiger partial charge in [0.1, 0.15) is 5.78 Å². The number of Topliss-reactive ketones (excluding diaryl/α,β-unsaturated/α-hetero) is 1. The molecule has 0 aromatic heterocycles. The Labute approximate surface area is 173 Å². The van der Waals surface area contributed by atoms with Gasteiger partial charge in [0.25, 0.3) is 0 Å². The Balaban J connectivity index is 1.65. The largest absolute Gasteiger partial charge is 0.329 e. The van der Waals surface area contributed by atoms with Crippen molar-refractivity contribution < 1.29 is 9.59 Å². The molecule has 3 nitrogen and oxygen atoms in total. The zero-order valence-electron chi connectivity index (χ0n) is 17.7. The molecule has 0 unspecified atom stereocenters. The molecule has 1 fully saturated rings. The molecule has 3 atom stereocenters. The fourth-order valence-corrected chi connectivity index (χ4v) is 4.55. The van der Waals surface area contributed by atoms with E-state index >= 15 is 0 Å². The lowest BCUT2D eigenvalue weighted by Gasteiger charge is -2.37. The molecule has 1 heterocycles. The van der Waals surface area contributed by atoms with Crippen LogP contribution < -0.4 is 5.32 Å². The minimum absolute atomic E-state index is 0.00499. The van der Waals surface area contributed by atoms with Crippen LogP contribution in [-0.4, -0.2) is 11.7 Å². The van der Waals surface area contributed by atoms with Gasteiger partial charge in [0.2, 0.25) is 5.91 Å². The second-order valence-electron chi connectivity index (χ2n) is 9.52. The first-order valence-electron chi connectivity index (χ1n) is 10.4. The van der Waals surface area contributed by atoms with Crippen molar-refractivity contribution in [3.63, 3.8) is 0 Å². The van der Waals surface area contributed by atoms with Gasteiger partial charge in [-0.15, -0.1) is 0 Å². The van der Waals surface area contributed by atoms with Crippen LogP contribution in [-0.2, 0) is 15.0 Å². The van der Waals surface area contributed by atoms with E-state index in [1.165, 1.54) is 11.1 Å². The van der Waals surface area contributed by atoms with Crippen LogP contribution in [0.15, 0.2) is 60.3 Å². The third-order valence-electron chi connectivity index (χ3n) is 6.29. The Morgan fingerprint density at radius 2 is 1.48 bits per heavy atom. The first-order valence-corrected chi connectivity index (χ1v) is 10.4. The van der Waals surface area contributed by atoms with Crippen molar-refractivity contribution in [2.24, 2.45) is 5.92 Å². The van der Waals surface area contributed by atoms with Crippen LogP contribution in [0.4, 0.5) is 0 Å². The predicted molar refractivity (Wildman–Crippen MR) is 116 cm³/mol. The summed E-state index contributed by atoms with van der Waals surface area (Å²) in [5.41, 5.74) is 5.54. The van der Waals surface area contributed by atoms with E-state index in [-0.39, 0.29) is 34.9 Å². The fraction of sp³-hybridized carbons (Fsp3) is 0.385. The van der Waals surface area contributed by atoms with Crippen LogP contribution in [0.3, 0.4) is 0 Å². The van der Waals surface area contributed by atoms with Gasteiger partial charge in [0.15, 0.2) is 0 Å². The molecular formula is C26H29NO2. The van der Waals surface area contributed by atoms with Gasteiger partial charge in [-0.2, -0.15) is 0 Å². The number of nitrogens with one attached hydrogen (secondary N) is 1. The topological polar surface area (TPSA) is 46.2 Å². The number of ketones is 1. The Kier molecular flexibility index (Phi) is 4.94. The maximum Gasteiger partial charge on any atom is 0.224 e. The van der Waals surface area contributed by atoms with Crippen molar-refractivity contribution >= 4 is 11.7 Å². The molecule has 1 amide bonds. The monoisotopic (exact) mass is 387 g/mol. The highest BCUT2D eigenvalue weighted by Crippen LogP contribution is 2.42. The van der Waals surface area contributed by atoms with Crippen molar-refractivity contribution in [3.8, 4) is 0 Å². The highest BCUT2D eigenvalue weighted by atomic mass is 16.2. The van der Waals surface area contributed by atoms with Gasteiger partial charge in [-0.1, -0.05) is 80.9 Å². The lowest BCUT2D eigenvalue weighted by molar-refractivity contribution is -0.127. The molecule has 1 saturated heterocycles. The minimum atomic E-state index is -0.250. The standard InChI is InChI=1S/C26H29NO2/c1-16-5-7-18(8-6-16)21-15-24(29)27-22-13-19(14-23(28)25(21)22)17-9-11-20(12-10-17)26(2,3)4/h5-13,19,21,25H,14-15H2,1-4H3,(H,27,29)/t19-,21-,25+/m1/s1. The second kappa shape index (κ2) is 7.29. The molecular weight excluding hydrogens is 358 g/mol. The molecule has 3 heteroatoms. The van der Waals surface area contributed by atoms with Gasteiger partial charge >= 0.3 is 0 Å². The summed E-state index contributed by atoms with van der Waals surface area (Å²) in [7, 11) is 0.